The Balaban J connectivity index is 1.61. The minimum absolute atomic E-state index is 0.157. The molecule has 11 heteroatoms. The number of morpholine rings is 1. The van der Waals surface area contributed by atoms with Crippen LogP contribution in [0.4, 0.5) is 19.4 Å². The Morgan fingerprint density at radius 3 is 2.74 bits per heavy atom. The van der Waals surface area contributed by atoms with E-state index in [1.54, 1.807) is 25.1 Å². The molecule has 3 aromatic rings. The molecule has 0 aliphatic carbocycles. The van der Waals surface area contributed by atoms with E-state index in [4.69, 9.17) is 32.7 Å². The molecular weight excluding hydrogens is 555 g/mol. The maximum absolute atomic E-state index is 15.0. The maximum atomic E-state index is 15.0. The van der Waals surface area contributed by atoms with Crippen LogP contribution in [0, 0.1) is 11.6 Å². The van der Waals surface area contributed by atoms with Crippen LogP contribution in [0.5, 0.6) is 0 Å². The first kappa shape index (κ1) is 28.2. The summed E-state index contributed by atoms with van der Waals surface area (Å²) < 4.78 is 39.9. The summed E-state index contributed by atoms with van der Waals surface area (Å²) in [6.07, 6.45) is 0.581. The molecule has 1 amide bonds. The molecule has 38 heavy (non-hydrogen) atoms. The van der Waals surface area contributed by atoms with Crippen molar-refractivity contribution in [2.24, 2.45) is 0 Å². The van der Waals surface area contributed by atoms with E-state index >= 15 is 4.39 Å². The van der Waals surface area contributed by atoms with Crippen molar-refractivity contribution in [1.29, 1.82) is 0 Å². The fourth-order valence-electron chi connectivity index (χ4n) is 3.92. The number of aromatic nitrogens is 1. The molecule has 2 unspecified atom stereocenters. The SMILES string of the molecule is C=C(C)OC(=O)NCC1CN(c2cc(C(Sc3ccc(Cl)cc3)c3cc(F)ccc3F)c(Cl)cn2)CCO1. The summed E-state index contributed by atoms with van der Waals surface area (Å²) in [5.74, 6) is -0.221. The lowest BCUT2D eigenvalue weighted by Gasteiger charge is -2.34. The molecular formula is C27H25Cl2F2N3O3S. The highest BCUT2D eigenvalue weighted by molar-refractivity contribution is 7.99. The highest BCUT2D eigenvalue weighted by Gasteiger charge is 2.27. The van der Waals surface area contributed by atoms with Gasteiger partial charge < -0.3 is 19.7 Å². The van der Waals surface area contributed by atoms with Crippen LogP contribution in [0.25, 0.3) is 0 Å². The number of amides is 1. The third kappa shape index (κ3) is 7.38. The zero-order valence-electron chi connectivity index (χ0n) is 20.4. The first-order valence-electron chi connectivity index (χ1n) is 11.7. The van der Waals surface area contributed by atoms with Crippen molar-refractivity contribution in [2.75, 3.05) is 31.1 Å². The zero-order valence-corrected chi connectivity index (χ0v) is 22.8. The minimum Gasteiger partial charge on any atom is -0.416 e. The molecule has 1 aromatic heterocycles. The molecule has 2 atom stereocenters. The van der Waals surface area contributed by atoms with E-state index < -0.39 is 23.0 Å². The molecule has 0 spiro atoms. The smallest absolute Gasteiger partial charge is 0.412 e. The molecule has 6 nitrogen and oxygen atoms in total. The summed E-state index contributed by atoms with van der Waals surface area (Å²) in [6, 6.07) is 12.2. The quantitative estimate of drug-likeness (QED) is 0.229. The van der Waals surface area contributed by atoms with E-state index in [-0.39, 0.29) is 24.0 Å². The van der Waals surface area contributed by atoms with Gasteiger partial charge in [-0.1, -0.05) is 29.8 Å². The highest BCUT2D eigenvalue weighted by atomic mass is 35.5. The van der Waals surface area contributed by atoms with E-state index in [9.17, 15) is 9.18 Å². The molecule has 200 valence electrons. The molecule has 1 saturated heterocycles. The third-order valence-electron chi connectivity index (χ3n) is 5.66. The number of thioether (sulfide) groups is 1. The lowest BCUT2D eigenvalue weighted by atomic mass is 10.0. The van der Waals surface area contributed by atoms with Gasteiger partial charge in [-0.2, -0.15) is 0 Å². The second-order valence-electron chi connectivity index (χ2n) is 8.59. The summed E-state index contributed by atoms with van der Waals surface area (Å²) in [7, 11) is 0. The molecule has 2 heterocycles. The van der Waals surface area contributed by atoms with Gasteiger partial charge in [0, 0.05) is 41.3 Å². The molecule has 1 aliphatic rings. The summed E-state index contributed by atoms with van der Waals surface area (Å²) in [4.78, 5) is 19.1. The summed E-state index contributed by atoms with van der Waals surface area (Å²) >= 11 is 14.0. The van der Waals surface area contributed by atoms with Crippen LogP contribution in [-0.2, 0) is 9.47 Å². The third-order valence-corrected chi connectivity index (χ3v) is 7.52. The van der Waals surface area contributed by atoms with Crippen molar-refractivity contribution in [3.05, 3.63) is 99.9 Å². The van der Waals surface area contributed by atoms with Gasteiger partial charge in [-0.3, -0.25) is 0 Å². The number of rotatable bonds is 8. The largest absolute Gasteiger partial charge is 0.416 e. The number of hydrogen-bond donors (Lipinski definition) is 1. The number of carbonyl (C=O) groups is 1. The molecule has 0 bridgehead atoms. The number of anilines is 1. The number of halogens is 4. The number of allylic oxidation sites excluding steroid dienone is 1. The molecule has 4 rings (SSSR count). The Hall–Kier alpha value is -2.85. The van der Waals surface area contributed by atoms with Gasteiger partial charge in [0.25, 0.3) is 0 Å². The number of alkyl carbamates (subject to hydrolysis) is 1. The topological polar surface area (TPSA) is 63.7 Å². The van der Waals surface area contributed by atoms with Crippen LogP contribution in [-0.4, -0.2) is 43.4 Å². The monoisotopic (exact) mass is 579 g/mol. The van der Waals surface area contributed by atoms with Gasteiger partial charge in [0.15, 0.2) is 0 Å². The van der Waals surface area contributed by atoms with Gasteiger partial charge in [0.05, 0.1) is 28.7 Å². The number of hydrogen-bond acceptors (Lipinski definition) is 6. The molecule has 1 N–H and O–H groups in total. The van der Waals surface area contributed by atoms with Crippen molar-refractivity contribution in [3.8, 4) is 0 Å². The lowest BCUT2D eigenvalue weighted by Crippen LogP contribution is -2.48. The second kappa shape index (κ2) is 12.8. The van der Waals surface area contributed by atoms with Gasteiger partial charge in [-0.15, -0.1) is 11.8 Å². The standard InChI is InChI=1S/C27H25Cl2F2N3O3S/c1-16(2)37-27(35)33-13-19-15-34(9-10-36-19)25-12-21(23(29)14-32-25)26(22-11-18(30)5-8-24(22)31)38-20-6-3-17(28)4-7-20/h3-8,11-12,14,19,26H,1,9-10,13,15H2,2H3,(H,33,35). The number of nitrogens with zero attached hydrogens (tertiary/aromatic N) is 2. The van der Waals surface area contributed by atoms with Crippen LogP contribution in [0.1, 0.15) is 23.3 Å². The van der Waals surface area contributed by atoms with Gasteiger partial charge in [0.2, 0.25) is 0 Å². The predicted octanol–water partition coefficient (Wildman–Crippen LogP) is 7.01. The van der Waals surface area contributed by atoms with Crippen LogP contribution >= 0.6 is 35.0 Å². The number of carbonyl (C=O) groups excluding carboxylic acids is 1. The number of ether oxygens (including phenoxy) is 2. The van der Waals surface area contributed by atoms with Crippen molar-refractivity contribution in [2.45, 2.75) is 23.2 Å². The fourth-order valence-corrected chi connectivity index (χ4v) is 5.52. The summed E-state index contributed by atoms with van der Waals surface area (Å²) in [6.45, 7) is 6.74. The van der Waals surface area contributed by atoms with E-state index in [0.717, 1.165) is 17.0 Å². The summed E-state index contributed by atoms with van der Waals surface area (Å²) in [5.41, 5.74) is 0.733. The first-order chi connectivity index (χ1) is 18.2. The lowest BCUT2D eigenvalue weighted by molar-refractivity contribution is 0.0403. The van der Waals surface area contributed by atoms with Gasteiger partial charge >= 0.3 is 6.09 Å². The Morgan fingerprint density at radius 2 is 2.00 bits per heavy atom. The zero-order chi connectivity index (χ0) is 27.2. The Kier molecular flexibility index (Phi) is 9.49. The second-order valence-corrected chi connectivity index (χ2v) is 10.6. The van der Waals surface area contributed by atoms with E-state index in [2.05, 4.69) is 16.9 Å². The summed E-state index contributed by atoms with van der Waals surface area (Å²) in [5, 5.41) is 2.87. The Bertz CT molecular complexity index is 1310. The molecule has 2 aromatic carbocycles. The predicted molar refractivity (Wildman–Crippen MR) is 146 cm³/mol. The van der Waals surface area contributed by atoms with Crippen molar-refractivity contribution >= 4 is 46.9 Å². The highest BCUT2D eigenvalue weighted by Crippen LogP contribution is 2.45. The number of nitrogens with one attached hydrogen (secondary N) is 1. The van der Waals surface area contributed by atoms with E-state index in [1.807, 2.05) is 17.0 Å². The van der Waals surface area contributed by atoms with Crippen LogP contribution < -0.4 is 10.2 Å². The molecule has 1 aliphatic heterocycles. The Labute approximate surface area is 233 Å². The average molecular weight is 580 g/mol. The molecule has 0 saturated carbocycles. The van der Waals surface area contributed by atoms with Gasteiger partial charge in [0.1, 0.15) is 17.5 Å². The van der Waals surface area contributed by atoms with E-state index in [0.29, 0.717) is 41.1 Å². The average Bonchev–Trinajstić information content (AvgIpc) is 2.89. The van der Waals surface area contributed by atoms with E-state index in [1.165, 1.54) is 24.0 Å². The Morgan fingerprint density at radius 1 is 1.24 bits per heavy atom. The fraction of sp³-hybridized carbons (Fsp3) is 0.259. The van der Waals surface area contributed by atoms with Crippen LogP contribution in [0.3, 0.4) is 0 Å². The molecule has 0 radical (unpaired) electrons. The van der Waals surface area contributed by atoms with Crippen molar-refractivity contribution in [1.82, 2.24) is 10.3 Å². The van der Waals surface area contributed by atoms with Gasteiger partial charge in [-0.05, 0) is 61.0 Å². The van der Waals surface area contributed by atoms with Crippen molar-refractivity contribution < 1.29 is 23.0 Å². The van der Waals surface area contributed by atoms with Crippen molar-refractivity contribution in [3.63, 3.8) is 0 Å². The number of pyridine rings is 1. The van der Waals surface area contributed by atoms with Crippen LogP contribution in [0.2, 0.25) is 10.0 Å². The molecule has 1 fully saturated rings. The normalized spacial score (nSPS) is 16.1. The minimum atomic E-state index is -0.670. The maximum Gasteiger partial charge on any atom is 0.412 e. The van der Waals surface area contributed by atoms with Crippen LogP contribution in [0.15, 0.2) is 72.0 Å². The number of benzene rings is 2. The first-order valence-corrected chi connectivity index (χ1v) is 13.3. The van der Waals surface area contributed by atoms with Gasteiger partial charge in [-0.25, -0.2) is 18.6 Å².